The molecule has 0 spiro atoms. The fourth-order valence-electron chi connectivity index (χ4n) is 2.30. The summed E-state index contributed by atoms with van der Waals surface area (Å²) in [5.74, 6) is 0. The van der Waals surface area contributed by atoms with Gasteiger partial charge in [-0.25, -0.2) is 0 Å². The number of hydrogen-bond donors (Lipinski definition) is 0. The third kappa shape index (κ3) is 5.34. The Balaban J connectivity index is 2.73. The highest BCUT2D eigenvalue weighted by Gasteiger charge is 2.09. The van der Waals surface area contributed by atoms with Crippen molar-refractivity contribution >= 4 is 5.69 Å². The lowest BCUT2D eigenvalue weighted by Crippen LogP contribution is -2.26. The van der Waals surface area contributed by atoms with Crippen LogP contribution in [0.1, 0.15) is 57.9 Å². The van der Waals surface area contributed by atoms with E-state index in [2.05, 4.69) is 30.9 Å². The summed E-state index contributed by atoms with van der Waals surface area (Å²) in [6.45, 7) is 6.59. The van der Waals surface area contributed by atoms with Crippen LogP contribution in [0.25, 0.3) is 0 Å². The molecule has 0 saturated heterocycles. The summed E-state index contributed by atoms with van der Waals surface area (Å²) in [5, 5.41) is 9.23. The maximum Gasteiger partial charge on any atom is 0.101 e. The molecular formula is C17H26N2. The molecule has 2 nitrogen and oxygen atoms in total. The summed E-state index contributed by atoms with van der Waals surface area (Å²) in [6, 6.07) is 10.3. The van der Waals surface area contributed by atoms with E-state index >= 15 is 0 Å². The van der Waals surface area contributed by atoms with Gasteiger partial charge in [-0.15, -0.1) is 0 Å². The molecule has 0 aromatic heterocycles. The molecule has 0 fully saturated rings. The van der Waals surface area contributed by atoms with Gasteiger partial charge in [-0.05, 0) is 25.0 Å². The lowest BCUT2D eigenvalue weighted by molar-refractivity contribution is 0.636. The Morgan fingerprint density at radius 1 is 0.947 bits per heavy atom. The van der Waals surface area contributed by atoms with E-state index in [0.29, 0.717) is 0 Å². The molecule has 0 N–H and O–H groups in total. The van der Waals surface area contributed by atoms with Gasteiger partial charge >= 0.3 is 0 Å². The van der Waals surface area contributed by atoms with Gasteiger partial charge < -0.3 is 4.90 Å². The Morgan fingerprint density at radius 3 is 2.05 bits per heavy atom. The van der Waals surface area contributed by atoms with Crippen molar-refractivity contribution in [3.8, 4) is 6.07 Å². The molecule has 0 unspecified atom stereocenters. The number of unbranched alkanes of at least 4 members (excludes halogenated alkanes) is 4. The molecule has 1 aromatic rings. The minimum absolute atomic E-state index is 0.801. The second-order valence-electron chi connectivity index (χ2n) is 5.03. The van der Waals surface area contributed by atoms with Crippen molar-refractivity contribution in [2.75, 3.05) is 18.0 Å². The first-order valence-corrected chi connectivity index (χ1v) is 7.57. The number of nitriles is 1. The first kappa shape index (κ1) is 15.6. The molecule has 0 radical (unpaired) electrons. The predicted octanol–water partition coefficient (Wildman–Crippen LogP) is 4.75. The molecule has 0 aliphatic carbocycles. The average Bonchev–Trinajstić information content (AvgIpc) is 2.46. The zero-order valence-corrected chi connectivity index (χ0v) is 12.4. The fourth-order valence-corrected chi connectivity index (χ4v) is 2.30. The highest BCUT2D eigenvalue weighted by atomic mass is 15.1. The van der Waals surface area contributed by atoms with Crippen LogP contribution in [0, 0.1) is 11.3 Å². The van der Waals surface area contributed by atoms with Gasteiger partial charge in [0.1, 0.15) is 6.07 Å². The number of para-hydroxylation sites is 1. The van der Waals surface area contributed by atoms with E-state index in [-0.39, 0.29) is 0 Å². The van der Waals surface area contributed by atoms with E-state index in [1.54, 1.807) is 0 Å². The maximum atomic E-state index is 9.23. The highest BCUT2D eigenvalue weighted by Crippen LogP contribution is 2.21. The normalized spacial score (nSPS) is 10.2. The van der Waals surface area contributed by atoms with E-state index in [4.69, 9.17) is 0 Å². The smallest absolute Gasteiger partial charge is 0.101 e. The molecule has 0 aliphatic heterocycles. The second kappa shape index (κ2) is 9.44. The molecule has 1 rings (SSSR count). The van der Waals surface area contributed by atoms with Gasteiger partial charge in [0.05, 0.1) is 11.3 Å². The number of nitrogens with zero attached hydrogens (tertiary/aromatic N) is 2. The fraction of sp³-hybridized carbons (Fsp3) is 0.588. The summed E-state index contributed by atoms with van der Waals surface area (Å²) < 4.78 is 0. The first-order valence-electron chi connectivity index (χ1n) is 7.57. The van der Waals surface area contributed by atoms with Crippen LogP contribution in [0.4, 0.5) is 5.69 Å². The molecule has 1 aromatic carbocycles. The molecule has 2 heteroatoms. The summed E-state index contributed by atoms with van der Waals surface area (Å²) >= 11 is 0. The number of benzene rings is 1. The van der Waals surface area contributed by atoms with Gasteiger partial charge in [0.25, 0.3) is 0 Å². The summed E-state index contributed by atoms with van der Waals surface area (Å²) in [5.41, 5.74) is 1.91. The van der Waals surface area contributed by atoms with Crippen molar-refractivity contribution in [3.05, 3.63) is 29.8 Å². The Kier molecular flexibility index (Phi) is 7.74. The van der Waals surface area contributed by atoms with Crippen LogP contribution < -0.4 is 4.90 Å². The first-order chi connectivity index (χ1) is 9.33. The van der Waals surface area contributed by atoms with Crippen LogP contribution in [0.3, 0.4) is 0 Å². The van der Waals surface area contributed by atoms with Crippen LogP contribution in [0.15, 0.2) is 24.3 Å². The maximum absolute atomic E-state index is 9.23. The minimum Gasteiger partial charge on any atom is -0.370 e. The lowest BCUT2D eigenvalue weighted by atomic mass is 10.1. The molecular weight excluding hydrogens is 232 g/mol. The molecule has 0 heterocycles. The Morgan fingerprint density at radius 2 is 1.53 bits per heavy atom. The molecule has 0 bridgehead atoms. The molecule has 0 atom stereocenters. The van der Waals surface area contributed by atoms with Crippen molar-refractivity contribution in [2.24, 2.45) is 0 Å². The molecule has 19 heavy (non-hydrogen) atoms. The zero-order chi connectivity index (χ0) is 13.9. The van der Waals surface area contributed by atoms with E-state index in [1.807, 2.05) is 18.2 Å². The topological polar surface area (TPSA) is 27.0 Å². The monoisotopic (exact) mass is 258 g/mol. The summed E-state index contributed by atoms with van der Waals surface area (Å²) in [7, 11) is 0. The van der Waals surface area contributed by atoms with Crippen LogP contribution >= 0.6 is 0 Å². The van der Waals surface area contributed by atoms with Gasteiger partial charge in [0.2, 0.25) is 0 Å². The second-order valence-corrected chi connectivity index (χ2v) is 5.03. The number of anilines is 1. The van der Waals surface area contributed by atoms with E-state index in [0.717, 1.165) is 24.3 Å². The van der Waals surface area contributed by atoms with Crippen molar-refractivity contribution < 1.29 is 0 Å². The van der Waals surface area contributed by atoms with Crippen LogP contribution in [-0.2, 0) is 0 Å². The third-order valence-electron chi connectivity index (χ3n) is 3.43. The molecule has 0 amide bonds. The van der Waals surface area contributed by atoms with Gasteiger partial charge in [-0.3, -0.25) is 0 Å². The van der Waals surface area contributed by atoms with Crippen molar-refractivity contribution in [3.63, 3.8) is 0 Å². The Hall–Kier alpha value is -1.49. The van der Waals surface area contributed by atoms with Crippen LogP contribution in [0.2, 0.25) is 0 Å². The Bertz CT molecular complexity index is 382. The minimum atomic E-state index is 0.801. The molecule has 0 saturated carbocycles. The number of rotatable bonds is 9. The molecule has 104 valence electrons. The van der Waals surface area contributed by atoms with Crippen molar-refractivity contribution in [2.45, 2.75) is 52.4 Å². The Labute approximate surface area is 118 Å². The van der Waals surface area contributed by atoms with Crippen LogP contribution in [-0.4, -0.2) is 13.1 Å². The van der Waals surface area contributed by atoms with Crippen molar-refractivity contribution in [1.82, 2.24) is 0 Å². The number of hydrogen-bond acceptors (Lipinski definition) is 2. The largest absolute Gasteiger partial charge is 0.370 e. The summed E-state index contributed by atoms with van der Waals surface area (Å²) in [4.78, 5) is 2.39. The molecule has 0 aliphatic rings. The van der Waals surface area contributed by atoms with Crippen molar-refractivity contribution in [1.29, 1.82) is 5.26 Å². The third-order valence-corrected chi connectivity index (χ3v) is 3.43. The van der Waals surface area contributed by atoms with Gasteiger partial charge in [0, 0.05) is 13.1 Å². The van der Waals surface area contributed by atoms with Crippen LogP contribution in [0.5, 0.6) is 0 Å². The zero-order valence-electron chi connectivity index (χ0n) is 12.4. The van der Waals surface area contributed by atoms with E-state index in [1.165, 1.54) is 38.5 Å². The lowest BCUT2D eigenvalue weighted by Gasteiger charge is -2.25. The quantitative estimate of drug-likeness (QED) is 0.598. The standard InChI is InChI=1S/C17H26N2/c1-3-5-9-13-19(14-10-6-4-2)17-12-8-7-11-16(17)15-18/h7-8,11-12H,3-6,9-10,13-14H2,1-2H3. The summed E-state index contributed by atoms with van der Waals surface area (Å²) in [6.07, 6.45) is 7.42. The van der Waals surface area contributed by atoms with Gasteiger partial charge in [0.15, 0.2) is 0 Å². The van der Waals surface area contributed by atoms with E-state index in [9.17, 15) is 5.26 Å². The van der Waals surface area contributed by atoms with Gasteiger partial charge in [-0.2, -0.15) is 5.26 Å². The van der Waals surface area contributed by atoms with E-state index < -0.39 is 0 Å². The average molecular weight is 258 g/mol. The van der Waals surface area contributed by atoms with Gasteiger partial charge in [-0.1, -0.05) is 51.7 Å². The highest BCUT2D eigenvalue weighted by molar-refractivity contribution is 5.59. The predicted molar refractivity (Wildman–Crippen MR) is 82.4 cm³/mol. The SMILES string of the molecule is CCCCCN(CCCCC)c1ccccc1C#N.